The number of hydrogen-bond acceptors (Lipinski definition) is 5. The first-order valence-electron chi connectivity index (χ1n) is 6.19. The van der Waals surface area contributed by atoms with Gasteiger partial charge in [0, 0.05) is 5.57 Å². The Labute approximate surface area is 134 Å². The van der Waals surface area contributed by atoms with E-state index in [4.69, 9.17) is 0 Å². The monoisotopic (exact) mass is 386 g/mol. The standard InChI is InChI=1S/C12H10F8O5/c1-5(2)6(21)24-8(3)4-23-11(10(8,16)17,12(18,19)20)25-7(22)9(13,14)15/h1,4H2,2-3H3. The van der Waals surface area contributed by atoms with Gasteiger partial charge in [-0.25, -0.2) is 9.59 Å². The summed E-state index contributed by atoms with van der Waals surface area (Å²) in [7, 11) is 0. The Morgan fingerprint density at radius 2 is 1.56 bits per heavy atom. The molecule has 1 saturated heterocycles. The van der Waals surface area contributed by atoms with Gasteiger partial charge in [-0.1, -0.05) is 6.58 Å². The minimum Gasteiger partial charge on any atom is -0.447 e. The number of halogens is 8. The molecular weight excluding hydrogens is 376 g/mol. The zero-order valence-electron chi connectivity index (χ0n) is 12.5. The van der Waals surface area contributed by atoms with Gasteiger partial charge in [0.25, 0.3) is 0 Å². The molecule has 0 N–H and O–H groups in total. The Hall–Kier alpha value is -1.92. The van der Waals surface area contributed by atoms with Gasteiger partial charge in [-0.3, -0.25) is 0 Å². The van der Waals surface area contributed by atoms with Crippen LogP contribution >= 0.6 is 0 Å². The normalized spacial score (nSPS) is 29.2. The first kappa shape index (κ1) is 21.1. The lowest BCUT2D eigenvalue weighted by Crippen LogP contribution is -2.66. The predicted molar refractivity (Wildman–Crippen MR) is 61.1 cm³/mol. The lowest BCUT2D eigenvalue weighted by Gasteiger charge is -2.38. The van der Waals surface area contributed by atoms with Crippen LogP contribution in [0.1, 0.15) is 13.8 Å². The Morgan fingerprint density at radius 1 is 1.08 bits per heavy atom. The third-order valence-corrected chi connectivity index (χ3v) is 3.14. The molecule has 0 radical (unpaired) electrons. The van der Waals surface area contributed by atoms with Crippen LogP contribution in [0.25, 0.3) is 0 Å². The molecule has 1 heterocycles. The van der Waals surface area contributed by atoms with Crippen LogP contribution < -0.4 is 0 Å². The zero-order chi connectivity index (χ0) is 20.1. The Morgan fingerprint density at radius 3 is 1.92 bits per heavy atom. The molecule has 1 aliphatic heterocycles. The largest absolute Gasteiger partial charge is 0.491 e. The van der Waals surface area contributed by atoms with Crippen LogP contribution in [0.4, 0.5) is 35.1 Å². The summed E-state index contributed by atoms with van der Waals surface area (Å²) in [5.74, 6) is -15.8. The van der Waals surface area contributed by atoms with E-state index in [0.29, 0.717) is 0 Å². The molecule has 0 bridgehead atoms. The maximum absolute atomic E-state index is 14.4. The molecule has 1 fully saturated rings. The molecule has 1 aliphatic rings. The van der Waals surface area contributed by atoms with E-state index in [0.717, 1.165) is 6.92 Å². The van der Waals surface area contributed by atoms with Crippen LogP contribution in [-0.2, 0) is 23.8 Å². The van der Waals surface area contributed by atoms with Gasteiger partial charge < -0.3 is 14.2 Å². The summed E-state index contributed by atoms with van der Waals surface area (Å²) in [5, 5.41) is 0. The molecule has 0 aliphatic carbocycles. The number of esters is 2. The van der Waals surface area contributed by atoms with Crippen molar-refractivity contribution in [3.05, 3.63) is 12.2 Å². The molecule has 25 heavy (non-hydrogen) atoms. The maximum atomic E-state index is 14.4. The van der Waals surface area contributed by atoms with E-state index in [1.165, 1.54) is 0 Å². The second-order valence-corrected chi connectivity index (χ2v) is 5.27. The molecule has 0 aromatic heterocycles. The third-order valence-electron chi connectivity index (χ3n) is 3.14. The lowest BCUT2D eigenvalue weighted by atomic mass is 9.94. The molecule has 1 rings (SSSR count). The molecule has 0 spiro atoms. The fraction of sp³-hybridized carbons (Fsp3) is 0.667. The average molecular weight is 386 g/mol. The summed E-state index contributed by atoms with van der Waals surface area (Å²) in [4.78, 5) is 22.1. The third kappa shape index (κ3) is 3.28. The van der Waals surface area contributed by atoms with E-state index in [2.05, 4.69) is 20.8 Å². The van der Waals surface area contributed by atoms with Gasteiger partial charge >= 0.3 is 36.0 Å². The van der Waals surface area contributed by atoms with E-state index in [1.807, 2.05) is 0 Å². The molecule has 0 saturated carbocycles. The van der Waals surface area contributed by atoms with Crippen molar-refractivity contribution >= 4 is 11.9 Å². The minimum absolute atomic E-state index is 0.281. The van der Waals surface area contributed by atoms with Crippen LogP contribution in [0.15, 0.2) is 12.2 Å². The molecule has 2 unspecified atom stereocenters. The van der Waals surface area contributed by atoms with Crippen LogP contribution in [0.2, 0.25) is 0 Å². The molecule has 0 aromatic carbocycles. The average Bonchev–Trinajstić information content (AvgIpc) is 2.58. The minimum atomic E-state index is -6.29. The van der Waals surface area contributed by atoms with Crippen molar-refractivity contribution in [2.75, 3.05) is 6.61 Å². The SMILES string of the molecule is C=C(C)C(=O)OC1(C)COC(OC(=O)C(F)(F)F)(C(F)(F)F)C1(F)F. The zero-order valence-corrected chi connectivity index (χ0v) is 12.5. The highest BCUT2D eigenvalue weighted by Crippen LogP contribution is 2.57. The van der Waals surface area contributed by atoms with E-state index in [-0.39, 0.29) is 6.92 Å². The van der Waals surface area contributed by atoms with Gasteiger partial charge in [0.15, 0.2) is 0 Å². The van der Waals surface area contributed by atoms with Crippen molar-refractivity contribution in [3.63, 3.8) is 0 Å². The molecule has 2 atom stereocenters. The Bertz CT molecular complexity index is 595. The number of hydrogen-bond donors (Lipinski definition) is 0. The van der Waals surface area contributed by atoms with Gasteiger partial charge in [-0.2, -0.15) is 35.1 Å². The highest BCUT2D eigenvalue weighted by atomic mass is 19.4. The van der Waals surface area contributed by atoms with Gasteiger partial charge in [0.1, 0.15) is 0 Å². The summed E-state index contributed by atoms with van der Waals surface area (Å²) in [6.45, 7) is 2.59. The Kier molecular flexibility index (Phi) is 4.91. The summed E-state index contributed by atoms with van der Waals surface area (Å²) in [6.07, 6.45) is -12.3. The molecule has 5 nitrogen and oxygen atoms in total. The maximum Gasteiger partial charge on any atom is 0.491 e. The van der Waals surface area contributed by atoms with Crippen LogP contribution in [0, 0.1) is 0 Å². The summed E-state index contributed by atoms with van der Waals surface area (Å²) >= 11 is 0. The second-order valence-electron chi connectivity index (χ2n) is 5.27. The van der Waals surface area contributed by atoms with E-state index < -0.39 is 53.8 Å². The number of alkyl halides is 8. The first-order chi connectivity index (χ1) is 10.9. The van der Waals surface area contributed by atoms with Gasteiger partial charge in [0.2, 0.25) is 5.60 Å². The molecule has 144 valence electrons. The topological polar surface area (TPSA) is 61.8 Å². The summed E-state index contributed by atoms with van der Waals surface area (Å²) in [6, 6.07) is 0. The van der Waals surface area contributed by atoms with Crippen molar-refractivity contribution in [2.45, 2.75) is 43.5 Å². The first-order valence-corrected chi connectivity index (χ1v) is 6.19. The van der Waals surface area contributed by atoms with E-state index in [9.17, 15) is 44.7 Å². The second kappa shape index (κ2) is 5.81. The van der Waals surface area contributed by atoms with E-state index >= 15 is 0 Å². The van der Waals surface area contributed by atoms with Crippen LogP contribution in [-0.4, -0.2) is 48.2 Å². The predicted octanol–water partition coefficient (Wildman–Crippen LogP) is 2.89. The number of carbonyl (C=O) groups excluding carboxylic acids is 2. The van der Waals surface area contributed by atoms with Crippen molar-refractivity contribution in [1.82, 2.24) is 0 Å². The van der Waals surface area contributed by atoms with Crippen molar-refractivity contribution in [2.24, 2.45) is 0 Å². The molecule has 13 heteroatoms. The molecule has 0 amide bonds. The lowest BCUT2D eigenvalue weighted by molar-refractivity contribution is -0.414. The quantitative estimate of drug-likeness (QED) is 0.424. The molecule has 0 aromatic rings. The van der Waals surface area contributed by atoms with Crippen LogP contribution in [0.5, 0.6) is 0 Å². The number of rotatable bonds is 3. The molecular formula is C12H10F8O5. The van der Waals surface area contributed by atoms with E-state index in [1.54, 1.807) is 0 Å². The van der Waals surface area contributed by atoms with Gasteiger partial charge in [-0.15, -0.1) is 0 Å². The number of ether oxygens (including phenoxy) is 3. The Balaban J connectivity index is 3.40. The summed E-state index contributed by atoms with van der Waals surface area (Å²) < 4.78 is 116. The number of carbonyl (C=O) groups is 2. The van der Waals surface area contributed by atoms with Gasteiger partial charge in [-0.05, 0) is 13.8 Å². The highest BCUT2D eigenvalue weighted by Gasteiger charge is 2.86. The fourth-order valence-electron chi connectivity index (χ4n) is 1.75. The van der Waals surface area contributed by atoms with Crippen molar-refractivity contribution < 1.29 is 58.9 Å². The van der Waals surface area contributed by atoms with Crippen LogP contribution in [0.3, 0.4) is 0 Å². The summed E-state index contributed by atoms with van der Waals surface area (Å²) in [5.41, 5.74) is -3.86. The fourth-order valence-corrected chi connectivity index (χ4v) is 1.75. The highest BCUT2D eigenvalue weighted by molar-refractivity contribution is 5.87. The van der Waals surface area contributed by atoms with Crippen molar-refractivity contribution in [1.29, 1.82) is 0 Å². The van der Waals surface area contributed by atoms with Gasteiger partial charge in [0.05, 0.1) is 6.61 Å². The van der Waals surface area contributed by atoms with Crippen molar-refractivity contribution in [3.8, 4) is 0 Å². The smallest absolute Gasteiger partial charge is 0.447 e.